The molecule has 2 heterocycles. The minimum absolute atomic E-state index is 0.838. The van der Waals surface area contributed by atoms with Crippen LogP contribution in [0.3, 0.4) is 0 Å². The zero-order valence-corrected chi connectivity index (χ0v) is 5.80. The molecular formula is C8H12N. The summed E-state index contributed by atoms with van der Waals surface area (Å²) in [7, 11) is 2.20. The highest BCUT2D eigenvalue weighted by Gasteiger charge is 2.30. The van der Waals surface area contributed by atoms with Crippen LogP contribution in [0, 0.1) is 6.04 Å². The SMILES string of the molecule is CN1[C]2C=CCC1CC2. The lowest BCUT2D eigenvalue weighted by Gasteiger charge is -2.25. The van der Waals surface area contributed by atoms with Crippen LogP contribution in [0.5, 0.6) is 0 Å². The summed E-state index contributed by atoms with van der Waals surface area (Å²) < 4.78 is 0. The number of nitrogens with zero attached hydrogens (tertiary/aromatic N) is 1. The average Bonchev–Trinajstić information content (AvgIpc) is 2.19. The van der Waals surface area contributed by atoms with E-state index in [0.29, 0.717) is 0 Å². The Hall–Kier alpha value is -0.300. The van der Waals surface area contributed by atoms with E-state index < -0.39 is 0 Å². The van der Waals surface area contributed by atoms with E-state index in [1.807, 2.05) is 0 Å². The van der Waals surface area contributed by atoms with E-state index in [9.17, 15) is 0 Å². The molecule has 1 fully saturated rings. The molecule has 2 rings (SSSR count). The predicted octanol–water partition coefficient (Wildman–Crippen LogP) is 1.57. The number of hydrogen-bond acceptors (Lipinski definition) is 1. The van der Waals surface area contributed by atoms with Gasteiger partial charge in [-0.25, -0.2) is 0 Å². The fourth-order valence-corrected chi connectivity index (χ4v) is 1.76. The topological polar surface area (TPSA) is 3.24 Å². The first-order chi connectivity index (χ1) is 4.38. The van der Waals surface area contributed by atoms with Crippen LogP contribution in [-0.4, -0.2) is 18.0 Å². The molecule has 1 atom stereocenters. The van der Waals surface area contributed by atoms with Crippen molar-refractivity contribution in [2.45, 2.75) is 25.3 Å². The molecule has 2 aliphatic rings. The summed E-state index contributed by atoms with van der Waals surface area (Å²) in [6.45, 7) is 0. The second-order valence-corrected chi connectivity index (χ2v) is 2.93. The Labute approximate surface area is 56.4 Å². The number of fused-ring (bicyclic) bond motifs is 2. The maximum absolute atomic E-state index is 2.42. The maximum Gasteiger partial charge on any atom is 0.0613 e. The van der Waals surface area contributed by atoms with E-state index in [1.54, 1.807) is 0 Å². The van der Waals surface area contributed by atoms with Gasteiger partial charge in [-0.15, -0.1) is 0 Å². The molecule has 0 N–H and O–H groups in total. The van der Waals surface area contributed by atoms with Crippen molar-refractivity contribution in [2.75, 3.05) is 7.05 Å². The Balaban J connectivity index is 2.22. The minimum atomic E-state index is 0.838. The summed E-state index contributed by atoms with van der Waals surface area (Å²) in [6, 6.07) is 2.37. The predicted molar refractivity (Wildman–Crippen MR) is 37.8 cm³/mol. The van der Waals surface area contributed by atoms with Crippen LogP contribution >= 0.6 is 0 Å². The molecule has 0 spiro atoms. The molecule has 0 aliphatic carbocycles. The van der Waals surface area contributed by atoms with Crippen molar-refractivity contribution in [3.05, 3.63) is 18.2 Å². The highest BCUT2D eigenvalue weighted by atomic mass is 15.2. The fourth-order valence-electron chi connectivity index (χ4n) is 1.76. The molecule has 0 aromatic heterocycles. The van der Waals surface area contributed by atoms with Crippen molar-refractivity contribution >= 4 is 0 Å². The fraction of sp³-hybridized carbons (Fsp3) is 0.625. The van der Waals surface area contributed by atoms with Gasteiger partial charge in [-0.3, -0.25) is 4.90 Å². The van der Waals surface area contributed by atoms with Gasteiger partial charge in [0, 0.05) is 6.04 Å². The molecule has 2 bridgehead atoms. The molecule has 1 unspecified atom stereocenters. The Morgan fingerprint density at radius 1 is 1.67 bits per heavy atom. The van der Waals surface area contributed by atoms with E-state index in [4.69, 9.17) is 0 Å². The van der Waals surface area contributed by atoms with Crippen LogP contribution in [0.1, 0.15) is 19.3 Å². The van der Waals surface area contributed by atoms with Gasteiger partial charge in [-0.05, 0) is 26.3 Å². The van der Waals surface area contributed by atoms with Gasteiger partial charge in [-0.1, -0.05) is 12.2 Å². The molecule has 49 valence electrons. The zero-order valence-electron chi connectivity index (χ0n) is 5.80. The first-order valence-electron chi connectivity index (χ1n) is 3.63. The van der Waals surface area contributed by atoms with Crippen molar-refractivity contribution in [2.24, 2.45) is 0 Å². The van der Waals surface area contributed by atoms with Crippen LogP contribution in [0.25, 0.3) is 0 Å². The van der Waals surface area contributed by atoms with Crippen molar-refractivity contribution in [1.29, 1.82) is 0 Å². The summed E-state index contributed by atoms with van der Waals surface area (Å²) in [6.07, 6.45) is 8.51. The summed E-state index contributed by atoms with van der Waals surface area (Å²) in [4.78, 5) is 2.42. The normalized spacial score (nSPS) is 35.9. The molecule has 1 nitrogen and oxygen atoms in total. The lowest BCUT2D eigenvalue weighted by atomic mass is 10.1. The number of likely N-dealkylation sites (N-methyl/N-ethyl adjacent to an activating group) is 1. The monoisotopic (exact) mass is 122 g/mol. The Morgan fingerprint density at radius 2 is 2.56 bits per heavy atom. The van der Waals surface area contributed by atoms with E-state index in [0.717, 1.165) is 6.04 Å². The third kappa shape index (κ3) is 0.715. The molecule has 0 saturated carbocycles. The molecule has 1 radical (unpaired) electrons. The molecule has 1 saturated heterocycles. The van der Waals surface area contributed by atoms with Crippen LogP contribution in [-0.2, 0) is 0 Å². The highest BCUT2D eigenvalue weighted by molar-refractivity contribution is 5.18. The van der Waals surface area contributed by atoms with Gasteiger partial charge >= 0.3 is 0 Å². The smallest absolute Gasteiger partial charge is 0.0613 e. The standard InChI is InChI=1S/C8H12N/c1-9-7-3-2-4-8(9)6-5-7/h2-3,8H,4-6H2,1H3. The van der Waals surface area contributed by atoms with Gasteiger partial charge in [0.25, 0.3) is 0 Å². The molecule has 0 amide bonds. The quantitative estimate of drug-likeness (QED) is 0.471. The van der Waals surface area contributed by atoms with Crippen LogP contribution in [0.15, 0.2) is 12.2 Å². The highest BCUT2D eigenvalue weighted by Crippen LogP contribution is 2.34. The summed E-state index contributed by atoms with van der Waals surface area (Å²) in [5, 5.41) is 0. The maximum atomic E-state index is 2.42. The van der Waals surface area contributed by atoms with Gasteiger partial charge in [-0.2, -0.15) is 0 Å². The number of hydrogen-bond donors (Lipinski definition) is 0. The van der Waals surface area contributed by atoms with Crippen molar-refractivity contribution in [3.63, 3.8) is 0 Å². The minimum Gasteiger partial charge on any atom is -0.292 e. The van der Waals surface area contributed by atoms with E-state index >= 15 is 0 Å². The Kier molecular flexibility index (Phi) is 1.12. The first-order valence-corrected chi connectivity index (χ1v) is 3.63. The largest absolute Gasteiger partial charge is 0.292 e. The first kappa shape index (κ1) is 5.48. The summed E-state index contributed by atoms with van der Waals surface area (Å²) in [5.41, 5.74) is 0. The average molecular weight is 122 g/mol. The van der Waals surface area contributed by atoms with Crippen LogP contribution < -0.4 is 0 Å². The van der Waals surface area contributed by atoms with E-state index in [1.165, 1.54) is 25.3 Å². The lowest BCUT2D eigenvalue weighted by molar-refractivity contribution is 0.316. The Bertz CT molecular complexity index is 140. The summed E-state index contributed by atoms with van der Waals surface area (Å²) >= 11 is 0. The lowest BCUT2D eigenvalue weighted by Crippen LogP contribution is -2.28. The number of rotatable bonds is 0. The van der Waals surface area contributed by atoms with Gasteiger partial charge < -0.3 is 0 Å². The second kappa shape index (κ2) is 1.84. The summed E-state index contributed by atoms with van der Waals surface area (Å²) in [5.74, 6) is 0. The van der Waals surface area contributed by atoms with Crippen LogP contribution in [0.4, 0.5) is 0 Å². The van der Waals surface area contributed by atoms with Crippen LogP contribution in [0.2, 0.25) is 0 Å². The van der Waals surface area contributed by atoms with E-state index in [-0.39, 0.29) is 0 Å². The third-order valence-corrected chi connectivity index (χ3v) is 2.45. The second-order valence-electron chi connectivity index (χ2n) is 2.93. The van der Waals surface area contributed by atoms with Gasteiger partial charge in [0.1, 0.15) is 0 Å². The van der Waals surface area contributed by atoms with Crippen molar-refractivity contribution < 1.29 is 0 Å². The van der Waals surface area contributed by atoms with Gasteiger partial charge in [0.2, 0.25) is 0 Å². The third-order valence-electron chi connectivity index (χ3n) is 2.45. The molecule has 1 heteroatoms. The molecule has 2 aliphatic heterocycles. The van der Waals surface area contributed by atoms with Gasteiger partial charge in [0.05, 0.1) is 6.04 Å². The zero-order chi connectivity index (χ0) is 6.27. The molecule has 0 aromatic carbocycles. The van der Waals surface area contributed by atoms with Gasteiger partial charge in [0.15, 0.2) is 0 Å². The molecule has 9 heavy (non-hydrogen) atoms. The van der Waals surface area contributed by atoms with Crippen molar-refractivity contribution in [3.8, 4) is 0 Å². The Morgan fingerprint density at radius 3 is 3.22 bits per heavy atom. The molecular weight excluding hydrogens is 110 g/mol. The molecule has 0 aromatic rings. The van der Waals surface area contributed by atoms with E-state index in [2.05, 4.69) is 24.1 Å². The van der Waals surface area contributed by atoms with Crippen molar-refractivity contribution in [1.82, 2.24) is 4.90 Å².